The van der Waals surface area contributed by atoms with Crippen molar-refractivity contribution in [3.05, 3.63) is 23.8 Å². The molecule has 0 atom stereocenters. The van der Waals surface area contributed by atoms with Crippen molar-refractivity contribution in [3.8, 4) is 11.5 Å². The Hall–Kier alpha value is -1.59. The normalized spacial score (nSPS) is 10.3. The predicted molar refractivity (Wildman–Crippen MR) is 75.8 cm³/mol. The van der Waals surface area contributed by atoms with Crippen LogP contribution in [0.4, 0.5) is 0 Å². The zero-order valence-corrected chi connectivity index (χ0v) is 12.1. The van der Waals surface area contributed by atoms with Gasteiger partial charge in [-0.05, 0) is 25.1 Å². The van der Waals surface area contributed by atoms with Gasteiger partial charge >= 0.3 is 0 Å². The lowest BCUT2D eigenvalue weighted by atomic mass is 10.2. The van der Waals surface area contributed by atoms with E-state index in [1.165, 1.54) is 0 Å². The van der Waals surface area contributed by atoms with E-state index in [1.54, 1.807) is 25.3 Å². The predicted octanol–water partition coefficient (Wildman–Crippen LogP) is 2.33. The number of carbonyl (C=O) groups is 1. The van der Waals surface area contributed by atoms with E-state index >= 15 is 0 Å². The summed E-state index contributed by atoms with van der Waals surface area (Å²) in [4.78, 5) is 10.7. The number of methoxy groups -OCH3 is 1. The van der Waals surface area contributed by atoms with Crippen LogP contribution in [0.3, 0.4) is 0 Å². The van der Waals surface area contributed by atoms with Crippen molar-refractivity contribution >= 4 is 6.29 Å². The van der Waals surface area contributed by atoms with Gasteiger partial charge in [0, 0.05) is 25.7 Å². The van der Waals surface area contributed by atoms with E-state index in [4.69, 9.17) is 18.9 Å². The van der Waals surface area contributed by atoms with Crippen LogP contribution >= 0.6 is 0 Å². The maximum Gasteiger partial charge on any atom is 0.161 e. The molecule has 5 heteroatoms. The van der Waals surface area contributed by atoms with E-state index in [-0.39, 0.29) is 0 Å². The molecule has 0 bridgehead atoms. The van der Waals surface area contributed by atoms with E-state index in [2.05, 4.69) is 0 Å². The zero-order chi connectivity index (χ0) is 14.6. The highest BCUT2D eigenvalue weighted by Crippen LogP contribution is 2.28. The Labute approximate surface area is 119 Å². The summed E-state index contributed by atoms with van der Waals surface area (Å²) in [6, 6.07) is 5.14. The van der Waals surface area contributed by atoms with Crippen LogP contribution in [0.15, 0.2) is 18.2 Å². The summed E-state index contributed by atoms with van der Waals surface area (Å²) in [6.07, 6.45) is 1.57. The minimum absolute atomic E-state index is 0.527. The van der Waals surface area contributed by atoms with Crippen molar-refractivity contribution in [1.82, 2.24) is 0 Å². The van der Waals surface area contributed by atoms with Gasteiger partial charge in [0.2, 0.25) is 0 Å². The van der Waals surface area contributed by atoms with Gasteiger partial charge in [-0.1, -0.05) is 0 Å². The third kappa shape index (κ3) is 6.04. The van der Waals surface area contributed by atoms with Crippen LogP contribution in [0, 0.1) is 0 Å². The van der Waals surface area contributed by atoms with Gasteiger partial charge in [-0.15, -0.1) is 0 Å². The summed E-state index contributed by atoms with van der Waals surface area (Å²) in [7, 11) is 1.64. The molecule has 1 aromatic rings. The number of ether oxygens (including phenoxy) is 4. The van der Waals surface area contributed by atoms with Gasteiger partial charge in [0.15, 0.2) is 11.5 Å². The van der Waals surface area contributed by atoms with Gasteiger partial charge in [0.25, 0.3) is 0 Å². The van der Waals surface area contributed by atoms with Crippen LogP contribution in [-0.4, -0.2) is 46.4 Å². The topological polar surface area (TPSA) is 54.0 Å². The summed E-state index contributed by atoms with van der Waals surface area (Å²) in [5, 5.41) is 0. The Morgan fingerprint density at radius 3 is 2.60 bits per heavy atom. The van der Waals surface area contributed by atoms with Crippen LogP contribution in [-0.2, 0) is 9.47 Å². The van der Waals surface area contributed by atoms with E-state index < -0.39 is 0 Å². The maximum atomic E-state index is 10.7. The number of hydrogen-bond donors (Lipinski definition) is 0. The molecule has 0 heterocycles. The van der Waals surface area contributed by atoms with Crippen molar-refractivity contribution < 1.29 is 23.7 Å². The number of benzene rings is 1. The van der Waals surface area contributed by atoms with Gasteiger partial charge in [-0.25, -0.2) is 0 Å². The molecule has 0 spiro atoms. The molecule has 0 unspecified atom stereocenters. The van der Waals surface area contributed by atoms with E-state index in [0.29, 0.717) is 50.1 Å². The molecule has 1 rings (SSSR count). The van der Waals surface area contributed by atoms with Crippen LogP contribution in [0.5, 0.6) is 11.5 Å². The molecule has 0 N–H and O–H groups in total. The molecular weight excluding hydrogens is 260 g/mol. The fourth-order valence-electron chi connectivity index (χ4n) is 1.57. The monoisotopic (exact) mass is 282 g/mol. The van der Waals surface area contributed by atoms with Gasteiger partial charge in [0.1, 0.15) is 6.29 Å². The Bertz CT molecular complexity index is 392. The second-order valence-electron chi connectivity index (χ2n) is 4.06. The summed E-state index contributed by atoms with van der Waals surface area (Å²) >= 11 is 0. The molecule has 0 aliphatic heterocycles. The lowest BCUT2D eigenvalue weighted by Crippen LogP contribution is -2.07. The highest BCUT2D eigenvalue weighted by Gasteiger charge is 2.06. The third-order valence-corrected chi connectivity index (χ3v) is 2.53. The Morgan fingerprint density at radius 2 is 1.90 bits per heavy atom. The largest absolute Gasteiger partial charge is 0.490 e. The molecule has 0 saturated heterocycles. The molecule has 0 fully saturated rings. The van der Waals surface area contributed by atoms with Gasteiger partial charge in [-0.3, -0.25) is 4.79 Å². The van der Waals surface area contributed by atoms with Crippen LogP contribution in [0.2, 0.25) is 0 Å². The van der Waals surface area contributed by atoms with Crippen LogP contribution in [0.1, 0.15) is 23.7 Å². The number of carbonyl (C=O) groups excluding carboxylic acids is 1. The molecule has 0 saturated carbocycles. The average Bonchev–Trinajstić information content (AvgIpc) is 2.47. The van der Waals surface area contributed by atoms with Crippen LogP contribution < -0.4 is 9.47 Å². The first kappa shape index (κ1) is 16.5. The number of hydrogen-bond acceptors (Lipinski definition) is 5. The van der Waals surface area contributed by atoms with E-state index in [9.17, 15) is 4.79 Å². The first-order chi connectivity index (χ1) is 9.81. The minimum atomic E-state index is 0.527. The molecule has 0 radical (unpaired) electrons. The Kier molecular flexibility index (Phi) is 8.42. The second kappa shape index (κ2) is 10.2. The molecule has 0 aliphatic rings. The summed E-state index contributed by atoms with van der Waals surface area (Å²) < 4.78 is 21.3. The van der Waals surface area contributed by atoms with E-state index in [0.717, 1.165) is 12.7 Å². The van der Waals surface area contributed by atoms with Gasteiger partial charge in [-0.2, -0.15) is 0 Å². The van der Waals surface area contributed by atoms with Crippen molar-refractivity contribution in [2.24, 2.45) is 0 Å². The fourth-order valence-corrected chi connectivity index (χ4v) is 1.57. The molecule has 20 heavy (non-hydrogen) atoms. The quantitative estimate of drug-likeness (QED) is 0.460. The highest BCUT2D eigenvalue weighted by molar-refractivity contribution is 5.76. The van der Waals surface area contributed by atoms with E-state index in [1.807, 2.05) is 6.92 Å². The first-order valence-corrected chi connectivity index (χ1v) is 6.73. The third-order valence-electron chi connectivity index (χ3n) is 2.53. The fraction of sp³-hybridized carbons (Fsp3) is 0.533. The maximum absolute atomic E-state index is 10.7. The summed E-state index contributed by atoms with van der Waals surface area (Å²) in [6.45, 7) is 4.77. The van der Waals surface area contributed by atoms with Crippen molar-refractivity contribution in [2.45, 2.75) is 13.3 Å². The van der Waals surface area contributed by atoms with Crippen molar-refractivity contribution in [2.75, 3.05) is 40.1 Å². The first-order valence-electron chi connectivity index (χ1n) is 6.73. The molecule has 0 amide bonds. The molecule has 1 aromatic carbocycles. The standard InChI is InChI=1S/C15H22O5/c1-3-19-15-11-13(12-16)5-6-14(15)20-8-4-7-18-10-9-17-2/h5-6,11-12H,3-4,7-10H2,1-2H3. The van der Waals surface area contributed by atoms with Gasteiger partial charge in [0.05, 0.1) is 26.4 Å². The molecule has 0 aliphatic carbocycles. The zero-order valence-electron chi connectivity index (χ0n) is 12.1. The smallest absolute Gasteiger partial charge is 0.161 e. The van der Waals surface area contributed by atoms with Crippen molar-refractivity contribution in [1.29, 1.82) is 0 Å². The van der Waals surface area contributed by atoms with Crippen molar-refractivity contribution in [3.63, 3.8) is 0 Å². The molecular formula is C15H22O5. The minimum Gasteiger partial charge on any atom is -0.490 e. The highest BCUT2D eigenvalue weighted by atomic mass is 16.5. The summed E-state index contributed by atoms with van der Waals surface area (Å²) in [5.41, 5.74) is 0.573. The lowest BCUT2D eigenvalue weighted by Gasteiger charge is -2.12. The Balaban J connectivity index is 2.36. The average molecular weight is 282 g/mol. The number of aldehydes is 1. The SMILES string of the molecule is CCOc1cc(C=O)ccc1OCCCOCCOC. The molecule has 5 nitrogen and oxygen atoms in total. The Morgan fingerprint density at radius 1 is 1.05 bits per heavy atom. The number of rotatable bonds is 11. The van der Waals surface area contributed by atoms with Crippen LogP contribution in [0.25, 0.3) is 0 Å². The molecule has 112 valence electrons. The second-order valence-corrected chi connectivity index (χ2v) is 4.06. The summed E-state index contributed by atoms with van der Waals surface area (Å²) in [5.74, 6) is 1.24. The van der Waals surface area contributed by atoms with Gasteiger partial charge < -0.3 is 18.9 Å². The lowest BCUT2D eigenvalue weighted by molar-refractivity contribution is 0.0642. The molecule has 0 aromatic heterocycles.